The summed E-state index contributed by atoms with van der Waals surface area (Å²) in [5, 5.41) is 5.79. The Balaban J connectivity index is 4.02. The molecule has 1 atom stereocenters. The molecule has 0 fully saturated rings. The number of carbonyl (C=O) groups is 2. The van der Waals surface area contributed by atoms with Gasteiger partial charge in [-0.1, -0.05) is 6.92 Å². The molecule has 0 aliphatic rings. The average molecular weight is 243 g/mol. The van der Waals surface area contributed by atoms with E-state index in [0.29, 0.717) is 26.1 Å². The SMILES string of the molecule is CCNCCC(=O)NC(C)C(=O)N(CC)CC. The second kappa shape index (κ2) is 8.98. The molecule has 0 saturated heterocycles. The van der Waals surface area contributed by atoms with Crippen LogP contribution in [0.3, 0.4) is 0 Å². The molecule has 17 heavy (non-hydrogen) atoms. The fourth-order valence-electron chi connectivity index (χ4n) is 1.56. The van der Waals surface area contributed by atoms with Crippen LogP contribution in [0.5, 0.6) is 0 Å². The van der Waals surface area contributed by atoms with Crippen molar-refractivity contribution in [3.8, 4) is 0 Å². The monoisotopic (exact) mass is 243 g/mol. The van der Waals surface area contributed by atoms with Crippen molar-refractivity contribution in [1.82, 2.24) is 15.5 Å². The van der Waals surface area contributed by atoms with Gasteiger partial charge >= 0.3 is 0 Å². The summed E-state index contributed by atoms with van der Waals surface area (Å²) in [6.45, 7) is 10.4. The second-order valence-electron chi connectivity index (χ2n) is 3.90. The van der Waals surface area contributed by atoms with E-state index in [2.05, 4.69) is 10.6 Å². The molecule has 2 amide bonds. The van der Waals surface area contributed by atoms with Crippen LogP contribution in [0, 0.1) is 0 Å². The highest BCUT2D eigenvalue weighted by Crippen LogP contribution is 1.95. The first-order chi connectivity index (χ1) is 8.06. The minimum atomic E-state index is -0.441. The van der Waals surface area contributed by atoms with E-state index in [4.69, 9.17) is 0 Å². The maximum atomic E-state index is 11.9. The highest BCUT2D eigenvalue weighted by Gasteiger charge is 2.19. The smallest absolute Gasteiger partial charge is 0.244 e. The molecule has 2 N–H and O–H groups in total. The Kier molecular flexibility index (Phi) is 8.40. The maximum Gasteiger partial charge on any atom is 0.244 e. The van der Waals surface area contributed by atoms with E-state index in [1.807, 2.05) is 20.8 Å². The third-order valence-electron chi connectivity index (χ3n) is 2.60. The van der Waals surface area contributed by atoms with E-state index >= 15 is 0 Å². The molecule has 0 bridgehead atoms. The lowest BCUT2D eigenvalue weighted by molar-refractivity contribution is -0.135. The van der Waals surface area contributed by atoms with Crippen LogP contribution in [0.25, 0.3) is 0 Å². The number of rotatable bonds is 8. The zero-order valence-corrected chi connectivity index (χ0v) is 11.4. The standard InChI is InChI=1S/C12H25N3O2/c1-5-13-9-8-11(16)14-10(4)12(17)15(6-2)7-3/h10,13H,5-9H2,1-4H3,(H,14,16). The van der Waals surface area contributed by atoms with Crippen LogP contribution in [-0.4, -0.2) is 48.9 Å². The number of nitrogens with zero attached hydrogens (tertiary/aromatic N) is 1. The fraction of sp³-hybridized carbons (Fsp3) is 0.833. The normalized spacial score (nSPS) is 12.0. The van der Waals surface area contributed by atoms with Crippen LogP contribution in [0.1, 0.15) is 34.1 Å². The molecule has 5 heteroatoms. The van der Waals surface area contributed by atoms with E-state index in [-0.39, 0.29) is 11.8 Å². The van der Waals surface area contributed by atoms with Crippen LogP contribution in [0.4, 0.5) is 0 Å². The summed E-state index contributed by atoms with van der Waals surface area (Å²) in [5.74, 6) is -0.106. The Morgan fingerprint density at radius 3 is 2.24 bits per heavy atom. The molecule has 0 aromatic carbocycles. The van der Waals surface area contributed by atoms with Gasteiger partial charge in [-0.05, 0) is 27.3 Å². The highest BCUT2D eigenvalue weighted by molar-refractivity contribution is 5.87. The van der Waals surface area contributed by atoms with Crippen LogP contribution < -0.4 is 10.6 Å². The minimum Gasteiger partial charge on any atom is -0.345 e. The number of carbonyl (C=O) groups excluding carboxylic acids is 2. The number of likely N-dealkylation sites (N-methyl/N-ethyl adjacent to an activating group) is 1. The van der Waals surface area contributed by atoms with Crippen molar-refractivity contribution in [3.05, 3.63) is 0 Å². The van der Waals surface area contributed by atoms with Crippen LogP contribution >= 0.6 is 0 Å². The molecule has 0 aliphatic heterocycles. The molecule has 100 valence electrons. The molecule has 0 radical (unpaired) electrons. The number of hydrogen-bond acceptors (Lipinski definition) is 3. The Labute approximate surface area is 104 Å². The first-order valence-electron chi connectivity index (χ1n) is 6.35. The van der Waals surface area contributed by atoms with Crippen molar-refractivity contribution in [1.29, 1.82) is 0 Å². The van der Waals surface area contributed by atoms with Gasteiger partial charge in [0.2, 0.25) is 11.8 Å². The largest absolute Gasteiger partial charge is 0.345 e. The quantitative estimate of drug-likeness (QED) is 0.605. The lowest BCUT2D eigenvalue weighted by Gasteiger charge is -2.23. The van der Waals surface area contributed by atoms with Crippen molar-refractivity contribution < 1.29 is 9.59 Å². The van der Waals surface area contributed by atoms with E-state index in [1.165, 1.54) is 0 Å². The Hall–Kier alpha value is -1.10. The van der Waals surface area contributed by atoms with Gasteiger partial charge < -0.3 is 15.5 Å². The van der Waals surface area contributed by atoms with Gasteiger partial charge in [-0.25, -0.2) is 0 Å². The summed E-state index contributed by atoms with van der Waals surface area (Å²) < 4.78 is 0. The summed E-state index contributed by atoms with van der Waals surface area (Å²) in [7, 11) is 0. The third kappa shape index (κ3) is 6.26. The van der Waals surface area contributed by atoms with Crippen molar-refractivity contribution in [2.24, 2.45) is 0 Å². The van der Waals surface area contributed by atoms with E-state index < -0.39 is 6.04 Å². The molecule has 0 rings (SSSR count). The summed E-state index contributed by atoms with van der Waals surface area (Å²) in [5.41, 5.74) is 0. The molecule has 1 unspecified atom stereocenters. The van der Waals surface area contributed by atoms with Crippen LogP contribution in [0.15, 0.2) is 0 Å². The third-order valence-corrected chi connectivity index (χ3v) is 2.60. The van der Waals surface area contributed by atoms with Crippen molar-refractivity contribution in [3.63, 3.8) is 0 Å². The van der Waals surface area contributed by atoms with Gasteiger partial charge in [-0.2, -0.15) is 0 Å². The van der Waals surface area contributed by atoms with Gasteiger partial charge in [0.1, 0.15) is 6.04 Å². The lowest BCUT2D eigenvalue weighted by Crippen LogP contribution is -2.47. The highest BCUT2D eigenvalue weighted by atomic mass is 16.2. The first kappa shape index (κ1) is 15.9. The molecule has 0 saturated carbocycles. The second-order valence-corrected chi connectivity index (χ2v) is 3.90. The van der Waals surface area contributed by atoms with Gasteiger partial charge in [0.15, 0.2) is 0 Å². The van der Waals surface area contributed by atoms with E-state index in [0.717, 1.165) is 6.54 Å². The van der Waals surface area contributed by atoms with Gasteiger partial charge in [-0.15, -0.1) is 0 Å². The summed E-state index contributed by atoms with van der Waals surface area (Å²) in [6, 6.07) is -0.441. The predicted octanol–water partition coefficient (Wildman–Crippen LogP) is 0.359. The Morgan fingerprint density at radius 2 is 1.76 bits per heavy atom. The first-order valence-corrected chi connectivity index (χ1v) is 6.35. The van der Waals surface area contributed by atoms with Gasteiger partial charge in [0.05, 0.1) is 0 Å². The molecule has 0 aliphatic carbocycles. The van der Waals surface area contributed by atoms with Gasteiger partial charge in [0, 0.05) is 26.1 Å². The van der Waals surface area contributed by atoms with Crippen LogP contribution in [0.2, 0.25) is 0 Å². The maximum absolute atomic E-state index is 11.9. The van der Waals surface area contributed by atoms with Crippen LogP contribution in [-0.2, 0) is 9.59 Å². The zero-order valence-electron chi connectivity index (χ0n) is 11.4. The minimum absolute atomic E-state index is 0.0215. The lowest BCUT2D eigenvalue weighted by atomic mass is 10.2. The van der Waals surface area contributed by atoms with Gasteiger partial charge in [-0.3, -0.25) is 9.59 Å². The molecular weight excluding hydrogens is 218 g/mol. The fourth-order valence-corrected chi connectivity index (χ4v) is 1.56. The summed E-state index contributed by atoms with van der Waals surface area (Å²) >= 11 is 0. The molecule has 0 spiro atoms. The van der Waals surface area contributed by atoms with E-state index in [9.17, 15) is 9.59 Å². The van der Waals surface area contributed by atoms with Crippen molar-refractivity contribution in [2.45, 2.75) is 40.2 Å². The molecule has 0 heterocycles. The average Bonchev–Trinajstić information content (AvgIpc) is 2.30. The van der Waals surface area contributed by atoms with E-state index in [1.54, 1.807) is 11.8 Å². The summed E-state index contributed by atoms with van der Waals surface area (Å²) in [4.78, 5) is 25.1. The van der Waals surface area contributed by atoms with Gasteiger partial charge in [0.25, 0.3) is 0 Å². The number of amides is 2. The molecule has 0 aromatic rings. The molecular formula is C12H25N3O2. The molecule has 0 aromatic heterocycles. The number of hydrogen-bond donors (Lipinski definition) is 2. The van der Waals surface area contributed by atoms with Crippen molar-refractivity contribution in [2.75, 3.05) is 26.2 Å². The zero-order chi connectivity index (χ0) is 13.3. The molecule has 5 nitrogen and oxygen atoms in total. The Morgan fingerprint density at radius 1 is 1.18 bits per heavy atom. The van der Waals surface area contributed by atoms with Crippen molar-refractivity contribution >= 4 is 11.8 Å². The Bertz CT molecular complexity index is 240. The topological polar surface area (TPSA) is 61.4 Å². The predicted molar refractivity (Wildman–Crippen MR) is 68.7 cm³/mol. The number of nitrogens with one attached hydrogen (secondary N) is 2. The summed E-state index contributed by atoms with van der Waals surface area (Å²) in [6.07, 6.45) is 0.406.